The number of hydrogen-bond acceptors (Lipinski definition) is 1. The number of rotatable bonds is 4. The predicted octanol–water partition coefficient (Wildman–Crippen LogP) is 8.62. The number of hydrogen-bond donors (Lipinski definition) is 0. The first-order valence-electron chi connectivity index (χ1n) is 9.28. The fourth-order valence-corrected chi connectivity index (χ4v) is 0. The molecule has 0 radical (unpaired) electrons. The zero-order chi connectivity index (χ0) is 19.8. The van der Waals surface area contributed by atoms with E-state index in [9.17, 15) is 0 Å². The van der Waals surface area contributed by atoms with Crippen LogP contribution in [-0.4, -0.2) is 13.7 Å². The van der Waals surface area contributed by atoms with Crippen molar-refractivity contribution in [3.05, 3.63) is 37.5 Å². The van der Waals surface area contributed by atoms with Crippen LogP contribution in [0.5, 0.6) is 0 Å². The van der Waals surface area contributed by atoms with Gasteiger partial charge in [0.25, 0.3) is 0 Å². The molecule has 0 atom stereocenters. The van der Waals surface area contributed by atoms with Gasteiger partial charge in [0.15, 0.2) is 0 Å². The largest absolute Gasteiger partial charge is 0.385 e. The lowest BCUT2D eigenvalue weighted by atomic mass is 10.4. The molecular formula is C22H50O. The summed E-state index contributed by atoms with van der Waals surface area (Å²) >= 11 is 0. The van der Waals surface area contributed by atoms with Crippen molar-refractivity contribution in [2.24, 2.45) is 0 Å². The highest BCUT2D eigenvalue weighted by Crippen LogP contribution is 1.77. The third-order valence-corrected chi connectivity index (χ3v) is 1.79. The molecular weight excluding hydrogens is 280 g/mol. The Balaban J connectivity index is -0.0000000378. The SMILES string of the molecule is C=CC=C.CC=CC.CCC.CCCC.CCCC.CCOC. The fourth-order valence-electron chi connectivity index (χ4n) is 0. The van der Waals surface area contributed by atoms with Crippen molar-refractivity contribution < 1.29 is 4.74 Å². The van der Waals surface area contributed by atoms with Crippen LogP contribution in [0.2, 0.25) is 0 Å². The van der Waals surface area contributed by atoms with E-state index in [0.29, 0.717) is 0 Å². The first kappa shape index (κ1) is 38.0. The minimum absolute atomic E-state index is 0.819. The quantitative estimate of drug-likeness (QED) is 0.370. The molecule has 0 heterocycles. The average Bonchev–Trinajstić information content (AvgIpc) is 2.62. The molecule has 1 heteroatoms. The molecule has 23 heavy (non-hydrogen) atoms. The van der Waals surface area contributed by atoms with Crippen LogP contribution in [0.1, 0.15) is 94.4 Å². The van der Waals surface area contributed by atoms with Crippen molar-refractivity contribution >= 4 is 0 Å². The molecule has 0 aliphatic rings. The molecule has 1 nitrogen and oxygen atoms in total. The summed E-state index contributed by atoms with van der Waals surface area (Å²) in [4.78, 5) is 0. The first-order chi connectivity index (χ1) is 11.0. The standard InChI is InChI=1S/2C4H10.C4H8.C4H6.C3H8O.C3H8/c5*1-3-4-2;1-3-2/h2*3-4H2,1-2H3;3-4H,1-2H3;3-4H,1-2H2;3H2,1-2H3;3H2,1-2H3. The highest BCUT2D eigenvalue weighted by Gasteiger charge is 1.57. The van der Waals surface area contributed by atoms with E-state index in [1.165, 1.54) is 32.1 Å². The lowest BCUT2D eigenvalue weighted by Gasteiger charge is -1.76. The summed E-state index contributed by atoms with van der Waals surface area (Å²) in [6, 6.07) is 0. The van der Waals surface area contributed by atoms with Crippen LogP contribution in [0.3, 0.4) is 0 Å². The Kier molecular flexibility index (Phi) is 138. The average molecular weight is 331 g/mol. The maximum absolute atomic E-state index is 4.54. The van der Waals surface area contributed by atoms with E-state index in [1.807, 2.05) is 32.9 Å². The van der Waals surface area contributed by atoms with Gasteiger partial charge in [0.05, 0.1) is 0 Å². The van der Waals surface area contributed by atoms with Gasteiger partial charge in [-0.1, -0.05) is 111 Å². The van der Waals surface area contributed by atoms with Crippen LogP contribution < -0.4 is 0 Å². The minimum atomic E-state index is 0.819. The Labute approximate surface area is 150 Å². The molecule has 0 saturated heterocycles. The summed E-state index contributed by atoms with van der Waals surface area (Å²) in [5.41, 5.74) is 0. The molecule has 0 bridgehead atoms. The van der Waals surface area contributed by atoms with E-state index in [2.05, 4.69) is 59.4 Å². The second-order valence-corrected chi connectivity index (χ2v) is 4.42. The molecule has 0 unspecified atom stereocenters. The van der Waals surface area contributed by atoms with Gasteiger partial charge in [0.1, 0.15) is 0 Å². The van der Waals surface area contributed by atoms with Crippen LogP contribution in [0.4, 0.5) is 0 Å². The monoisotopic (exact) mass is 330 g/mol. The summed E-state index contributed by atoms with van der Waals surface area (Å²) in [6.07, 6.45) is 13.8. The van der Waals surface area contributed by atoms with Crippen molar-refractivity contribution in [3.63, 3.8) is 0 Å². The molecule has 0 rings (SSSR count). The fraction of sp³-hybridized carbons (Fsp3) is 0.727. The van der Waals surface area contributed by atoms with Gasteiger partial charge in [-0.05, 0) is 20.8 Å². The van der Waals surface area contributed by atoms with Gasteiger partial charge in [-0.2, -0.15) is 0 Å². The summed E-state index contributed by atoms with van der Waals surface area (Å²) in [5.74, 6) is 0. The number of allylic oxidation sites excluding steroid dienone is 4. The van der Waals surface area contributed by atoms with E-state index in [4.69, 9.17) is 0 Å². The molecule has 0 fully saturated rings. The van der Waals surface area contributed by atoms with Crippen molar-refractivity contribution in [2.45, 2.75) is 94.4 Å². The summed E-state index contributed by atoms with van der Waals surface area (Å²) in [5, 5.41) is 0. The minimum Gasteiger partial charge on any atom is -0.385 e. The second-order valence-electron chi connectivity index (χ2n) is 4.42. The lowest BCUT2D eigenvalue weighted by molar-refractivity contribution is 0.215. The van der Waals surface area contributed by atoms with Gasteiger partial charge >= 0.3 is 0 Å². The van der Waals surface area contributed by atoms with Crippen LogP contribution in [-0.2, 0) is 4.74 Å². The maximum Gasteiger partial charge on any atom is 0.0433 e. The third kappa shape index (κ3) is 446. The smallest absolute Gasteiger partial charge is 0.0433 e. The third-order valence-electron chi connectivity index (χ3n) is 1.79. The number of ether oxygens (including phenoxy) is 1. The molecule has 0 saturated carbocycles. The van der Waals surface area contributed by atoms with E-state index >= 15 is 0 Å². The summed E-state index contributed by atoms with van der Waals surface area (Å²) in [7, 11) is 1.68. The maximum atomic E-state index is 4.54. The summed E-state index contributed by atoms with van der Waals surface area (Å²) < 4.78 is 4.54. The Morgan fingerprint density at radius 1 is 0.652 bits per heavy atom. The van der Waals surface area contributed by atoms with Crippen LogP contribution in [0, 0.1) is 0 Å². The van der Waals surface area contributed by atoms with E-state index in [1.54, 1.807) is 19.3 Å². The van der Waals surface area contributed by atoms with Gasteiger partial charge in [0.2, 0.25) is 0 Å². The molecule has 144 valence electrons. The predicted molar refractivity (Wildman–Crippen MR) is 116 cm³/mol. The number of unbranched alkanes of at least 4 members (excludes halogenated alkanes) is 2. The van der Waals surface area contributed by atoms with Crippen molar-refractivity contribution in [1.82, 2.24) is 0 Å². The molecule has 0 aromatic carbocycles. The van der Waals surface area contributed by atoms with Gasteiger partial charge in [-0.15, -0.1) is 0 Å². The van der Waals surface area contributed by atoms with Gasteiger partial charge in [-0.25, -0.2) is 0 Å². The zero-order valence-electron chi connectivity index (χ0n) is 18.4. The number of methoxy groups -OCH3 is 1. The Morgan fingerprint density at radius 2 is 0.826 bits per heavy atom. The zero-order valence-corrected chi connectivity index (χ0v) is 18.4. The highest BCUT2D eigenvalue weighted by molar-refractivity contribution is 4.88. The molecule has 0 amide bonds. The van der Waals surface area contributed by atoms with Gasteiger partial charge < -0.3 is 4.74 Å². The van der Waals surface area contributed by atoms with E-state index in [-0.39, 0.29) is 0 Å². The van der Waals surface area contributed by atoms with Gasteiger partial charge in [0, 0.05) is 13.7 Å². The molecule has 0 aliphatic carbocycles. The molecule has 0 N–H and O–H groups in total. The van der Waals surface area contributed by atoms with Crippen molar-refractivity contribution in [1.29, 1.82) is 0 Å². The van der Waals surface area contributed by atoms with Crippen LogP contribution in [0.25, 0.3) is 0 Å². The normalized spacial score (nSPS) is 7.22. The topological polar surface area (TPSA) is 9.23 Å². The Hall–Kier alpha value is -0.820. The van der Waals surface area contributed by atoms with Crippen molar-refractivity contribution in [2.75, 3.05) is 13.7 Å². The second kappa shape index (κ2) is 83.2. The van der Waals surface area contributed by atoms with Gasteiger partial charge in [-0.3, -0.25) is 0 Å². The van der Waals surface area contributed by atoms with Crippen LogP contribution >= 0.6 is 0 Å². The van der Waals surface area contributed by atoms with Crippen molar-refractivity contribution in [3.8, 4) is 0 Å². The van der Waals surface area contributed by atoms with Crippen LogP contribution in [0.15, 0.2) is 37.5 Å². The molecule has 0 aromatic heterocycles. The molecule has 0 aliphatic heterocycles. The lowest BCUT2D eigenvalue weighted by Crippen LogP contribution is -1.73. The van der Waals surface area contributed by atoms with E-state index < -0.39 is 0 Å². The molecule has 0 aromatic rings. The highest BCUT2D eigenvalue weighted by atomic mass is 16.5. The Morgan fingerprint density at radius 3 is 0.826 bits per heavy atom. The molecule has 0 spiro atoms. The first-order valence-corrected chi connectivity index (χ1v) is 9.28. The van der Waals surface area contributed by atoms with E-state index in [0.717, 1.165) is 6.61 Å². The summed E-state index contributed by atoms with van der Waals surface area (Å²) in [6.45, 7) is 26.5. The Bertz CT molecular complexity index is 123.